The number of halogens is 3. The molecule has 0 aliphatic carbocycles. The highest BCUT2D eigenvalue weighted by atomic mass is 19.4. The van der Waals surface area contributed by atoms with Gasteiger partial charge in [0.25, 0.3) is 0 Å². The van der Waals surface area contributed by atoms with E-state index in [0.717, 1.165) is 6.20 Å². The van der Waals surface area contributed by atoms with E-state index in [1.54, 1.807) is 18.2 Å². The van der Waals surface area contributed by atoms with Crippen LogP contribution in [0.25, 0.3) is 11.4 Å². The third-order valence-electron chi connectivity index (χ3n) is 4.58. The summed E-state index contributed by atoms with van der Waals surface area (Å²) in [4.78, 5) is 21.7. The number of anilines is 4. The maximum Gasteiger partial charge on any atom is 0.434 e. The fourth-order valence-electron chi connectivity index (χ4n) is 3.07. The van der Waals surface area contributed by atoms with Crippen molar-refractivity contribution in [3.05, 3.63) is 36.3 Å². The standard InChI is InChI=1S/C19H19F3N8O2/c1-31-15-3-2-11(9-24-15)26-13-8-14(30-4-6-32-7-5-30)28-17(27-13)12-10-25-18(23)29-16(12)19(20,21)22/h2-3,8-10H,4-7H2,1H3,(H2,23,25,29)(H,26,27,28). The van der Waals surface area contributed by atoms with Crippen LogP contribution in [0.15, 0.2) is 30.6 Å². The van der Waals surface area contributed by atoms with Crippen molar-refractivity contribution >= 4 is 23.3 Å². The number of nitrogens with zero attached hydrogens (tertiary/aromatic N) is 6. The van der Waals surface area contributed by atoms with Gasteiger partial charge in [0.05, 0.1) is 37.8 Å². The predicted molar refractivity (Wildman–Crippen MR) is 110 cm³/mol. The SMILES string of the molecule is COc1ccc(Nc2cc(N3CCOCC3)nc(-c3cnc(N)nc3C(F)(F)F)n2)cn1. The smallest absolute Gasteiger partial charge is 0.434 e. The van der Waals surface area contributed by atoms with Crippen LogP contribution in [0.3, 0.4) is 0 Å². The number of methoxy groups -OCH3 is 1. The van der Waals surface area contributed by atoms with Gasteiger partial charge >= 0.3 is 6.18 Å². The van der Waals surface area contributed by atoms with Crippen molar-refractivity contribution in [1.82, 2.24) is 24.9 Å². The van der Waals surface area contributed by atoms with Gasteiger partial charge in [-0.1, -0.05) is 0 Å². The molecule has 4 rings (SSSR count). The van der Waals surface area contributed by atoms with Gasteiger partial charge in [0.2, 0.25) is 11.8 Å². The van der Waals surface area contributed by atoms with Gasteiger partial charge in [0.1, 0.15) is 11.6 Å². The number of nitrogen functional groups attached to an aromatic ring is 1. The summed E-state index contributed by atoms with van der Waals surface area (Å²) < 4.78 is 51.3. The molecule has 13 heteroatoms. The van der Waals surface area contributed by atoms with Crippen LogP contribution in [-0.2, 0) is 10.9 Å². The number of aromatic nitrogens is 5. The Labute approximate surface area is 180 Å². The molecule has 1 fully saturated rings. The zero-order chi connectivity index (χ0) is 22.7. The maximum atomic E-state index is 13.6. The summed E-state index contributed by atoms with van der Waals surface area (Å²) in [7, 11) is 1.49. The van der Waals surface area contributed by atoms with Gasteiger partial charge in [-0.05, 0) is 6.07 Å². The van der Waals surface area contributed by atoms with Gasteiger partial charge in [-0.15, -0.1) is 0 Å². The van der Waals surface area contributed by atoms with E-state index in [9.17, 15) is 13.2 Å². The molecule has 0 atom stereocenters. The van der Waals surface area contributed by atoms with Crippen LogP contribution in [0.5, 0.6) is 5.88 Å². The Morgan fingerprint density at radius 2 is 1.88 bits per heavy atom. The second-order valence-corrected chi connectivity index (χ2v) is 6.74. The van der Waals surface area contributed by atoms with E-state index in [0.29, 0.717) is 43.7 Å². The molecule has 1 aliphatic heterocycles. The number of pyridine rings is 1. The van der Waals surface area contributed by atoms with E-state index in [-0.39, 0.29) is 17.2 Å². The first-order valence-electron chi connectivity index (χ1n) is 9.52. The van der Waals surface area contributed by atoms with E-state index in [1.165, 1.54) is 13.3 Å². The first kappa shape index (κ1) is 21.5. The van der Waals surface area contributed by atoms with Crippen molar-refractivity contribution in [2.24, 2.45) is 0 Å². The van der Waals surface area contributed by atoms with Crippen molar-refractivity contribution in [2.45, 2.75) is 6.18 Å². The van der Waals surface area contributed by atoms with Crippen molar-refractivity contribution in [1.29, 1.82) is 0 Å². The Hall–Kier alpha value is -3.74. The predicted octanol–water partition coefficient (Wildman–Crippen LogP) is 2.52. The summed E-state index contributed by atoms with van der Waals surface area (Å²) in [6, 6.07) is 4.99. The van der Waals surface area contributed by atoms with Crippen LogP contribution >= 0.6 is 0 Å². The quantitative estimate of drug-likeness (QED) is 0.602. The normalized spacial score (nSPS) is 14.3. The molecule has 1 saturated heterocycles. The zero-order valence-electron chi connectivity index (χ0n) is 16.9. The lowest BCUT2D eigenvalue weighted by Gasteiger charge is -2.28. The van der Waals surface area contributed by atoms with Crippen LogP contribution < -0.4 is 20.7 Å². The molecule has 0 aromatic carbocycles. The second-order valence-electron chi connectivity index (χ2n) is 6.74. The lowest BCUT2D eigenvalue weighted by molar-refractivity contribution is -0.140. The maximum absolute atomic E-state index is 13.6. The van der Waals surface area contributed by atoms with E-state index in [1.807, 2.05) is 4.90 Å². The summed E-state index contributed by atoms with van der Waals surface area (Å²) in [6.07, 6.45) is -2.27. The number of hydrogen-bond acceptors (Lipinski definition) is 10. The van der Waals surface area contributed by atoms with E-state index < -0.39 is 17.8 Å². The van der Waals surface area contributed by atoms with Crippen LogP contribution in [0, 0.1) is 0 Å². The number of nitrogens with one attached hydrogen (secondary N) is 1. The van der Waals surface area contributed by atoms with Crippen molar-refractivity contribution in [3.8, 4) is 17.3 Å². The van der Waals surface area contributed by atoms with Crippen molar-refractivity contribution in [2.75, 3.05) is 49.4 Å². The Morgan fingerprint density at radius 3 is 2.53 bits per heavy atom. The third-order valence-corrected chi connectivity index (χ3v) is 4.58. The molecule has 0 spiro atoms. The highest BCUT2D eigenvalue weighted by Crippen LogP contribution is 2.35. The number of ether oxygens (including phenoxy) is 2. The molecule has 1 aliphatic rings. The average Bonchev–Trinajstić information content (AvgIpc) is 2.79. The highest BCUT2D eigenvalue weighted by molar-refractivity contribution is 5.67. The molecule has 0 radical (unpaired) electrons. The minimum atomic E-state index is -4.77. The number of rotatable bonds is 5. The molecule has 4 heterocycles. The van der Waals surface area contributed by atoms with Gasteiger partial charge < -0.3 is 25.4 Å². The molecule has 0 unspecified atom stereocenters. The number of morpholine rings is 1. The Kier molecular flexibility index (Phi) is 5.90. The van der Waals surface area contributed by atoms with Crippen LogP contribution in [0.4, 0.5) is 36.4 Å². The lowest BCUT2D eigenvalue weighted by Crippen LogP contribution is -2.36. The Bertz CT molecular complexity index is 1090. The molecule has 168 valence electrons. The van der Waals surface area contributed by atoms with E-state index >= 15 is 0 Å². The highest BCUT2D eigenvalue weighted by Gasteiger charge is 2.37. The van der Waals surface area contributed by atoms with Gasteiger partial charge in [-0.3, -0.25) is 0 Å². The van der Waals surface area contributed by atoms with Crippen LogP contribution in [0.1, 0.15) is 5.69 Å². The van der Waals surface area contributed by atoms with Crippen molar-refractivity contribution < 1.29 is 22.6 Å². The van der Waals surface area contributed by atoms with Crippen LogP contribution in [-0.4, -0.2) is 58.3 Å². The van der Waals surface area contributed by atoms with Gasteiger partial charge in [0, 0.05) is 31.4 Å². The Morgan fingerprint density at radius 1 is 1.09 bits per heavy atom. The molecule has 3 N–H and O–H groups in total. The largest absolute Gasteiger partial charge is 0.481 e. The monoisotopic (exact) mass is 448 g/mol. The fourth-order valence-corrected chi connectivity index (χ4v) is 3.07. The number of nitrogens with two attached hydrogens (primary N) is 1. The first-order chi connectivity index (χ1) is 15.3. The summed E-state index contributed by atoms with van der Waals surface area (Å²) in [5, 5.41) is 3.04. The molecular weight excluding hydrogens is 429 g/mol. The lowest BCUT2D eigenvalue weighted by atomic mass is 10.2. The summed E-state index contributed by atoms with van der Waals surface area (Å²) in [6.45, 7) is 2.02. The molecule has 0 saturated carbocycles. The molecule has 3 aromatic rings. The summed E-state index contributed by atoms with van der Waals surface area (Å²) in [5.74, 6) is 0.445. The van der Waals surface area contributed by atoms with Gasteiger partial charge in [-0.25, -0.2) is 24.9 Å². The Balaban J connectivity index is 1.79. The molecule has 0 bridgehead atoms. The molecule has 32 heavy (non-hydrogen) atoms. The van der Waals surface area contributed by atoms with Gasteiger partial charge in [-0.2, -0.15) is 13.2 Å². The average molecular weight is 448 g/mol. The number of alkyl halides is 3. The molecule has 0 amide bonds. The first-order valence-corrected chi connectivity index (χ1v) is 9.52. The number of hydrogen-bond donors (Lipinski definition) is 2. The molecular formula is C19H19F3N8O2. The van der Waals surface area contributed by atoms with Crippen LogP contribution in [0.2, 0.25) is 0 Å². The second kappa shape index (κ2) is 8.78. The van der Waals surface area contributed by atoms with Gasteiger partial charge in [0.15, 0.2) is 11.5 Å². The fraction of sp³-hybridized carbons (Fsp3) is 0.316. The van der Waals surface area contributed by atoms with E-state index in [4.69, 9.17) is 15.2 Å². The van der Waals surface area contributed by atoms with E-state index in [2.05, 4.69) is 30.2 Å². The molecule has 10 nitrogen and oxygen atoms in total. The minimum Gasteiger partial charge on any atom is -0.481 e. The topological polar surface area (TPSA) is 124 Å². The third kappa shape index (κ3) is 4.77. The summed E-state index contributed by atoms with van der Waals surface area (Å²) >= 11 is 0. The van der Waals surface area contributed by atoms with Crippen molar-refractivity contribution in [3.63, 3.8) is 0 Å². The molecule has 3 aromatic heterocycles. The summed E-state index contributed by atoms with van der Waals surface area (Å²) in [5.41, 5.74) is 4.37. The minimum absolute atomic E-state index is 0.190. The zero-order valence-corrected chi connectivity index (χ0v) is 16.9.